The van der Waals surface area contributed by atoms with Crippen molar-refractivity contribution in [1.82, 2.24) is 5.32 Å². The minimum absolute atomic E-state index is 0.0306. The van der Waals surface area contributed by atoms with Gasteiger partial charge in [-0.15, -0.1) is 0 Å². The lowest BCUT2D eigenvalue weighted by Crippen LogP contribution is -2.41. The van der Waals surface area contributed by atoms with Crippen molar-refractivity contribution in [2.45, 2.75) is 69.4 Å². The monoisotopic (exact) mass is 775 g/mol. The van der Waals surface area contributed by atoms with Crippen LogP contribution in [-0.2, 0) is 23.8 Å². The number of carbonyl (C=O) groups excluding carboxylic acids is 3. The highest BCUT2D eigenvalue weighted by Gasteiger charge is 2.45. The standard InChI is InChI=1S/C39H33F8N3O5/c1-54-33-14-10-22(26-17-23(9-12-30(26)40)34(39(45,46)47)55-37(53)49-24-7-4-8-24)16-28(33)36(52)50-32-18-21-6-3-2-5-20(21)15-27(32)35(51)48-25-11-13-31(41)29(19-25)38(42,43)44/h9-19,24,34H,2-8H2,1H3,(H,48,51)(H,49,53)(H,50,52). The minimum Gasteiger partial charge on any atom is -0.496 e. The molecule has 3 amide bonds. The first kappa shape index (κ1) is 39.0. The molecular formula is C39H33F8N3O5. The average Bonchev–Trinajstić information content (AvgIpc) is 3.11. The fourth-order valence-corrected chi connectivity index (χ4v) is 6.45. The first-order valence-corrected chi connectivity index (χ1v) is 17.2. The van der Waals surface area contributed by atoms with Gasteiger partial charge in [-0.05, 0) is 116 Å². The molecule has 16 heteroatoms. The summed E-state index contributed by atoms with van der Waals surface area (Å²) in [4.78, 5) is 39.8. The number of methoxy groups -OCH3 is 1. The number of nitrogens with one attached hydrogen (secondary N) is 3. The van der Waals surface area contributed by atoms with E-state index in [2.05, 4.69) is 16.0 Å². The van der Waals surface area contributed by atoms with Crippen LogP contribution in [0.2, 0.25) is 0 Å². The second-order valence-electron chi connectivity index (χ2n) is 13.2. The number of ether oxygens (including phenoxy) is 2. The van der Waals surface area contributed by atoms with Gasteiger partial charge in [0, 0.05) is 22.9 Å². The number of hydrogen-bond donors (Lipinski definition) is 3. The summed E-state index contributed by atoms with van der Waals surface area (Å²) in [6.07, 6.45) is -9.29. The summed E-state index contributed by atoms with van der Waals surface area (Å²) in [5.74, 6) is -4.31. The average molecular weight is 776 g/mol. The van der Waals surface area contributed by atoms with Crippen molar-refractivity contribution in [3.8, 4) is 16.9 Å². The lowest BCUT2D eigenvalue weighted by molar-refractivity contribution is -0.206. The fourth-order valence-electron chi connectivity index (χ4n) is 6.45. The molecule has 1 fully saturated rings. The van der Waals surface area contributed by atoms with Gasteiger partial charge in [0.15, 0.2) is 0 Å². The van der Waals surface area contributed by atoms with Crippen molar-refractivity contribution < 1.29 is 59.0 Å². The summed E-state index contributed by atoms with van der Waals surface area (Å²) in [6.45, 7) is 0. The van der Waals surface area contributed by atoms with Crippen LogP contribution in [-0.4, -0.2) is 37.2 Å². The third-order valence-corrected chi connectivity index (χ3v) is 9.50. The van der Waals surface area contributed by atoms with Gasteiger partial charge in [0.2, 0.25) is 6.10 Å². The number of aryl methyl sites for hydroxylation is 2. The predicted octanol–water partition coefficient (Wildman–Crippen LogP) is 9.92. The van der Waals surface area contributed by atoms with Crippen molar-refractivity contribution in [3.63, 3.8) is 0 Å². The topological polar surface area (TPSA) is 106 Å². The Hall–Kier alpha value is -5.67. The van der Waals surface area contributed by atoms with E-state index >= 15 is 4.39 Å². The summed E-state index contributed by atoms with van der Waals surface area (Å²) in [5.41, 5.74) is -1.73. The molecule has 4 aromatic carbocycles. The molecule has 3 N–H and O–H groups in total. The Kier molecular flexibility index (Phi) is 11.1. The summed E-state index contributed by atoms with van der Waals surface area (Å²) < 4.78 is 122. The van der Waals surface area contributed by atoms with Gasteiger partial charge in [0.1, 0.15) is 17.4 Å². The summed E-state index contributed by atoms with van der Waals surface area (Å²) in [6, 6.07) is 11.0. The number of alkyl carbamates (subject to hydrolysis) is 1. The highest BCUT2D eigenvalue weighted by atomic mass is 19.4. The molecule has 55 heavy (non-hydrogen) atoms. The highest BCUT2D eigenvalue weighted by molar-refractivity contribution is 6.13. The van der Waals surface area contributed by atoms with E-state index in [1.54, 1.807) is 6.07 Å². The van der Waals surface area contributed by atoms with E-state index in [9.17, 15) is 45.1 Å². The fraction of sp³-hybridized carbons (Fsp3) is 0.308. The molecule has 0 heterocycles. The molecule has 0 saturated heterocycles. The van der Waals surface area contributed by atoms with E-state index in [4.69, 9.17) is 9.47 Å². The molecule has 0 radical (unpaired) electrons. The van der Waals surface area contributed by atoms with Crippen LogP contribution >= 0.6 is 0 Å². The van der Waals surface area contributed by atoms with Gasteiger partial charge < -0.3 is 25.4 Å². The van der Waals surface area contributed by atoms with Crippen LogP contribution in [0.4, 0.5) is 51.3 Å². The number of alkyl halides is 6. The Morgan fingerprint density at radius 3 is 2.05 bits per heavy atom. The van der Waals surface area contributed by atoms with Gasteiger partial charge in [0.25, 0.3) is 11.8 Å². The first-order valence-electron chi connectivity index (χ1n) is 17.2. The molecule has 0 aromatic heterocycles. The summed E-state index contributed by atoms with van der Waals surface area (Å²) in [5, 5.41) is 7.33. The quantitative estimate of drug-likeness (QED) is 0.147. The second kappa shape index (κ2) is 15.6. The number of hydrogen-bond acceptors (Lipinski definition) is 5. The van der Waals surface area contributed by atoms with Gasteiger partial charge in [-0.25, -0.2) is 13.6 Å². The molecule has 1 unspecified atom stereocenters. The number of halogens is 8. The van der Waals surface area contributed by atoms with Gasteiger partial charge in [-0.1, -0.05) is 12.1 Å². The molecule has 290 valence electrons. The van der Waals surface area contributed by atoms with Crippen LogP contribution in [0, 0.1) is 11.6 Å². The van der Waals surface area contributed by atoms with E-state index in [-0.39, 0.29) is 45.4 Å². The zero-order chi connectivity index (χ0) is 39.7. The zero-order valence-corrected chi connectivity index (χ0v) is 29.0. The summed E-state index contributed by atoms with van der Waals surface area (Å²) >= 11 is 0. The van der Waals surface area contributed by atoms with Gasteiger partial charge in [-0.3, -0.25) is 9.59 Å². The normalized spacial score (nSPS) is 14.9. The molecule has 8 nitrogen and oxygen atoms in total. The zero-order valence-electron chi connectivity index (χ0n) is 29.0. The Bertz CT molecular complexity index is 2130. The minimum atomic E-state index is -5.06. The Morgan fingerprint density at radius 2 is 1.42 bits per heavy atom. The van der Waals surface area contributed by atoms with Crippen molar-refractivity contribution >= 4 is 29.3 Å². The van der Waals surface area contributed by atoms with Crippen LogP contribution in [0.1, 0.15) is 81.2 Å². The van der Waals surface area contributed by atoms with Crippen molar-refractivity contribution in [2.75, 3.05) is 17.7 Å². The molecule has 1 atom stereocenters. The number of benzene rings is 4. The molecule has 4 aromatic rings. The van der Waals surface area contributed by atoms with Crippen molar-refractivity contribution in [3.05, 3.63) is 112 Å². The molecular weight excluding hydrogens is 742 g/mol. The van der Waals surface area contributed by atoms with Gasteiger partial charge >= 0.3 is 18.4 Å². The van der Waals surface area contributed by atoms with E-state index in [0.717, 1.165) is 54.7 Å². The number of carbonyl (C=O) groups is 3. The van der Waals surface area contributed by atoms with E-state index < -0.39 is 59.1 Å². The van der Waals surface area contributed by atoms with Crippen LogP contribution < -0.4 is 20.7 Å². The number of amides is 3. The number of anilines is 2. The van der Waals surface area contributed by atoms with Crippen LogP contribution in [0.3, 0.4) is 0 Å². The number of rotatable bonds is 9. The van der Waals surface area contributed by atoms with Crippen LogP contribution in [0.5, 0.6) is 5.75 Å². The largest absolute Gasteiger partial charge is 0.496 e. The van der Waals surface area contributed by atoms with Crippen molar-refractivity contribution in [2.24, 2.45) is 0 Å². The Labute approximate surface area is 309 Å². The SMILES string of the molecule is COc1ccc(-c2cc(C(OC(=O)NC3CCC3)C(F)(F)F)ccc2F)cc1C(=O)Nc1cc2c(cc1C(=O)Nc1ccc(F)c(C(F)(F)F)c1)CCCC2. The van der Waals surface area contributed by atoms with Gasteiger partial charge in [-0.2, -0.15) is 26.3 Å². The highest BCUT2D eigenvalue weighted by Crippen LogP contribution is 2.40. The van der Waals surface area contributed by atoms with Crippen molar-refractivity contribution in [1.29, 1.82) is 0 Å². The molecule has 2 aliphatic carbocycles. The van der Waals surface area contributed by atoms with Crippen LogP contribution in [0.15, 0.2) is 66.7 Å². The number of fused-ring (bicyclic) bond motifs is 1. The van der Waals surface area contributed by atoms with E-state index in [1.807, 2.05) is 0 Å². The van der Waals surface area contributed by atoms with Crippen LogP contribution in [0.25, 0.3) is 11.1 Å². The molecule has 2 aliphatic rings. The van der Waals surface area contributed by atoms with Gasteiger partial charge in [0.05, 0.1) is 29.5 Å². The predicted molar refractivity (Wildman–Crippen MR) is 185 cm³/mol. The van der Waals surface area contributed by atoms with E-state index in [1.165, 1.54) is 31.4 Å². The molecule has 6 rings (SSSR count). The first-order chi connectivity index (χ1) is 26.0. The molecule has 1 saturated carbocycles. The Morgan fingerprint density at radius 1 is 0.745 bits per heavy atom. The maximum Gasteiger partial charge on any atom is 0.429 e. The Balaban J connectivity index is 1.32. The summed E-state index contributed by atoms with van der Waals surface area (Å²) in [7, 11) is 1.24. The molecule has 0 spiro atoms. The molecule has 0 bridgehead atoms. The maximum absolute atomic E-state index is 15.3. The second-order valence-corrected chi connectivity index (χ2v) is 13.2. The molecule has 0 aliphatic heterocycles. The lowest BCUT2D eigenvalue weighted by atomic mass is 9.89. The third kappa shape index (κ3) is 8.84. The maximum atomic E-state index is 15.3. The van der Waals surface area contributed by atoms with E-state index in [0.29, 0.717) is 37.8 Å². The smallest absolute Gasteiger partial charge is 0.429 e. The third-order valence-electron chi connectivity index (χ3n) is 9.50. The lowest BCUT2D eigenvalue weighted by Gasteiger charge is -2.28.